The third-order valence-electron chi connectivity index (χ3n) is 3.08. The maximum absolute atomic E-state index is 11.8. The van der Waals surface area contributed by atoms with Crippen LogP contribution in [-0.2, 0) is 16.1 Å². The molecule has 1 aliphatic heterocycles. The third kappa shape index (κ3) is 4.63. The van der Waals surface area contributed by atoms with Crippen LogP contribution in [0, 0.1) is 0 Å². The van der Waals surface area contributed by atoms with Crippen molar-refractivity contribution in [1.82, 2.24) is 10.2 Å². The van der Waals surface area contributed by atoms with Crippen LogP contribution in [0.3, 0.4) is 0 Å². The molecule has 2 heterocycles. The van der Waals surface area contributed by atoms with E-state index in [1.165, 1.54) is 11.3 Å². The van der Waals surface area contributed by atoms with E-state index in [0.29, 0.717) is 23.8 Å². The first-order valence-corrected chi connectivity index (χ1v) is 7.23. The van der Waals surface area contributed by atoms with E-state index in [0.717, 1.165) is 11.3 Å². The van der Waals surface area contributed by atoms with E-state index in [-0.39, 0.29) is 24.9 Å². The highest BCUT2D eigenvalue weighted by molar-refractivity contribution is 7.16. The molecule has 1 atom stereocenters. The van der Waals surface area contributed by atoms with Gasteiger partial charge in [0.1, 0.15) is 6.04 Å². The van der Waals surface area contributed by atoms with Gasteiger partial charge >= 0.3 is 5.97 Å². The summed E-state index contributed by atoms with van der Waals surface area (Å²) in [6.07, 6.45) is 1.44. The molecule has 0 aliphatic carbocycles. The summed E-state index contributed by atoms with van der Waals surface area (Å²) in [5, 5.41) is 11.8. The average molecular weight is 339 g/mol. The predicted octanol–water partition coefficient (Wildman–Crippen LogP) is 1.99. The summed E-state index contributed by atoms with van der Waals surface area (Å²) in [5.41, 5.74) is 0. The standard InChI is InChI=1S/C12H15ClN2O3S.ClH/c13-10-4-3-8(19-10)6-14-11(16)7-15-5-1-2-9(15)12(17)18;/h3-4,9H,1-2,5-7H2,(H,14,16)(H,17,18);1H/t9-;/m0./s1. The van der Waals surface area contributed by atoms with Gasteiger partial charge in [0.2, 0.25) is 5.91 Å². The van der Waals surface area contributed by atoms with Gasteiger partial charge in [-0.3, -0.25) is 14.5 Å². The van der Waals surface area contributed by atoms with E-state index in [9.17, 15) is 9.59 Å². The highest BCUT2D eigenvalue weighted by Gasteiger charge is 2.31. The fraction of sp³-hybridized carbons (Fsp3) is 0.500. The summed E-state index contributed by atoms with van der Waals surface area (Å²) in [5.74, 6) is -1.01. The van der Waals surface area contributed by atoms with Gasteiger partial charge in [0.15, 0.2) is 0 Å². The Morgan fingerprint density at radius 2 is 2.25 bits per heavy atom. The molecule has 0 bridgehead atoms. The van der Waals surface area contributed by atoms with Crippen molar-refractivity contribution in [1.29, 1.82) is 0 Å². The number of halogens is 2. The molecule has 1 amide bonds. The molecular formula is C12H16Cl2N2O3S. The van der Waals surface area contributed by atoms with Crippen LogP contribution in [0.5, 0.6) is 0 Å². The molecule has 2 rings (SSSR count). The first kappa shape index (κ1) is 17.2. The molecule has 1 aliphatic rings. The number of carboxylic acids is 1. The number of nitrogens with zero attached hydrogens (tertiary/aromatic N) is 1. The van der Waals surface area contributed by atoms with Crippen LogP contribution in [-0.4, -0.2) is 41.0 Å². The smallest absolute Gasteiger partial charge is 0.320 e. The number of hydrogen-bond acceptors (Lipinski definition) is 4. The van der Waals surface area contributed by atoms with Crippen LogP contribution >= 0.6 is 35.3 Å². The molecule has 112 valence electrons. The average Bonchev–Trinajstić information content (AvgIpc) is 2.95. The Morgan fingerprint density at radius 1 is 1.50 bits per heavy atom. The van der Waals surface area contributed by atoms with Crippen molar-refractivity contribution in [3.63, 3.8) is 0 Å². The molecule has 8 heteroatoms. The zero-order valence-corrected chi connectivity index (χ0v) is 13.1. The summed E-state index contributed by atoms with van der Waals surface area (Å²) >= 11 is 7.22. The minimum absolute atomic E-state index is 0. The summed E-state index contributed by atoms with van der Waals surface area (Å²) in [7, 11) is 0. The van der Waals surface area contributed by atoms with Gasteiger partial charge in [-0.2, -0.15) is 0 Å². The molecule has 1 aromatic rings. The lowest BCUT2D eigenvalue weighted by atomic mass is 10.2. The van der Waals surface area contributed by atoms with E-state index in [1.54, 1.807) is 11.0 Å². The van der Waals surface area contributed by atoms with Crippen LogP contribution in [0.4, 0.5) is 0 Å². The molecule has 0 aromatic carbocycles. The fourth-order valence-corrected chi connectivity index (χ4v) is 3.20. The Balaban J connectivity index is 0.00000200. The summed E-state index contributed by atoms with van der Waals surface area (Å²) in [6, 6.07) is 3.12. The van der Waals surface area contributed by atoms with Gasteiger partial charge in [0.25, 0.3) is 0 Å². The Hall–Kier alpha value is -0.820. The van der Waals surface area contributed by atoms with Crippen LogP contribution < -0.4 is 5.32 Å². The number of aliphatic carboxylic acids is 1. The molecule has 1 saturated heterocycles. The zero-order chi connectivity index (χ0) is 13.8. The van der Waals surface area contributed by atoms with Crippen molar-refractivity contribution in [2.75, 3.05) is 13.1 Å². The van der Waals surface area contributed by atoms with Crippen molar-refractivity contribution in [2.24, 2.45) is 0 Å². The van der Waals surface area contributed by atoms with Crippen LogP contribution in [0.25, 0.3) is 0 Å². The van der Waals surface area contributed by atoms with Gasteiger partial charge in [-0.1, -0.05) is 11.6 Å². The maximum atomic E-state index is 11.8. The van der Waals surface area contributed by atoms with E-state index in [1.807, 2.05) is 6.07 Å². The Bertz CT molecular complexity index is 481. The second-order valence-corrected chi connectivity index (χ2v) is 6.25. The topological polar surface area (TPSA) is 69.6 Å². The molecule has 0 saturated carbocycles. The lowest BCUT2D eigenvalue weighted by molar-refractivity contribution is -0.142. The highest BCUT2D eigenvalue weighted by Crippen LogP contribution is 2.21. The number of thiophene rings is 1. The molecule has 0 spiro atoms. The number of carbonyl (C=O) groups is 2. The number of nitrogens with one attached hydrogen (secondary N) is 1. The van der Waals surface area contributed by atoms with Gasteiger partial charge in [-0.05, 0) is 31.5 Å². The highest BCUT2D eigenvalue weighted by atomic mass is 35.5. The Morgan fingerprint density at radius 3 is 2.85 bits per heavy atom. The number of amides is 1. The second-order valence-electron chi connectivity index (χ2n) is 4.45. The first-order chi connectivity index (χ1) is 9.06. The Kier molecular flexibility index (Phi) is 6.75. The van der Waals surface area contributed by atoms with Crippen LogP contribution in [0.2, 0.25) is 4.34 Å². The van der Waals surface area contributed by atoms with Gasteiger partial charge in [-0.15, -0.1) is 23.7 Å². The first-order valence-electron chi connectivity index (χ1n) is 6.04. The van der Waals surface area contributed by atoms with Gasteiger partial charge in [-0.25, -0.2) is 0 Å². The SMILES string of the molecule is Cl.O=C(CN1CCC[C@H]1C(=O)O)NCc1ccc(Cl)s1. The van der Waals surface area contributed by atoms with Crippen molar-refractivity contribution < 1.29 is 14.7 Å². The normalized spacial score (nSPS) is 18.6. The molecule has 1 fully saturated rings. The lowest BCUT2D eigenvalue weighted by Crippen LogP contribution is -2.42. The fourth-order valence-electron chi connectivity index (χ4n) is 2.17. The molecule has 2 N–H and O–H groups in total. The minimum Gasteiger partial charge on any atom is -0.480 e. The van der Waals surface area contributed by atoms with E-state index >= 15 is 0 Å². The molecule has 20 heavy (non-hydrogen) atoms. The van der Waals surface area contributed by atoms with Gasteiger partial charge in [0, 0.05) is 4.88 Å². The van der Waals surface area contributed by atoms with Crippen molar-refractivity contribution in [3.05, 3.63) is 21.3 Å². The Labute approximate surface area is 132 Å². The van der Waals surface area contributed by atoms with E-state index in [4.69, 9.17) is 16.7 Å². The largest absolute Gasteiger partial charge is 0.480 e. The summed E-state index contributed by atoms with van der Waals surface area (Å²) < 4.78 is 0.690. The number of hydrogen-bond donors (Lipinski definition) is 2. The van der Waals surface area contributed by atoms with Crippen molar-refractivity contribution in [2.45, 2.75) is 25.4 Å². The molecule has 1 aromatic heterocycles. The monoisotopic (exact) mass is 338 g/mol. The summed E-state index contributed by atoms with van der Waals surface area (Å²) in [6.45, 7) is 1.23. The number of likely N-dealkylation sites (tertiary alicyclic amines) is 1. The van der Waals surface area contributed by atoms with Crippen molar-refractivity contribution in [3.8, 4) is 0 Å². The molecular weight excluding hydrogens is 323 g/mol. The summed E-state index contributed by atoms with van der Waals surface area (Å²) in [4.78, 5) is 25.5. The molecule has 0 unspecified atom stereocenters. The zero-order valence-electron chi connectivity index (χ0n) is 10.7. The van der Waals surface area contributed by atoms with Crippen LogP contribution in [0.1, 0.15) is 17.7 Å². The van der Waals surface area contributed by atoms with E-state index in [2.05, 4.69) is 5.32 Å². The number of rotatable bonds is 5. The third-order valence-corrected chi connectivity index (χ3v) is 4.32. The minimum atomic E-state index is -0.852. The maximum Gasteiger partial charge on any atom is 0.320 e. The second kappa shape index (κ2) is 7.83. The van der Waals surface area contributed by atoms with Crippen LogP contribution in [0.15, 0.2) is 12.1 Å². The number of carboxylic acid groups (broad SMARTS) is 1. The molecule has 5 nitrogen and oxygen atoms in total. The lowest BCUT2D eigenvalue weighted by Gasteiger charge is -2.20. The van der Waals surface area contributed by atoms with Gasteiger partial charge < -0.3 is 10.4 Å². The quantitative estimate of drug-likeness (QED) is 0.861. The van der Waals surface area contributed by atoms with Gasteiger partial charge in [0.05, 0.1) is 17.4 Å². The predicted molar refractivity (Wildman–Crippen MR) is 80.7 cm³/mol. The molecule has 0 radical (unpaired) electrons. The number of carbonyl (C=O) groups excluding carboxylic acids is 1. The van der Waals surface area contributed by atoms with Crippen molar-refractivity contribution >= 4 is 47.2 Å². The van der Waals surface area contributed by atoms with E-state index < -0.39 is 12.0 Å².